The third-order valence-electron chi connectivity index (χ3n) is 2.39. The van der Waals surface area contributed by atoms with Crippen LogP contribution in [0.1, 0.15) is 13.3 Å². The third-order valence-corrected chi connectivity index (χ3v) is 2.39. The number of carboxylic acids is 1. The second-order valence-electron chi connectivity index (χ2n) is 4.18. The number of rotatable bonds is 8. The number of aliphatic hydroxyl groups is 5. The molecule has 0 fully saturated rings. The number of hydrogen-bond acceptors (Lipinski definition) is 7. The van der Waals surface area contributed by atoms with Gasteiger partial charge in [0.15, 0.2) is 6.10 Å². The van der Waals surface area contributed by atoms with E-state index in [1.807, 2.05) is 0 Å². The van der Waals surface area contributed by atoms with E-state index in [1.54, 1.807) is 0 Å². The number of carbonyl (C=O) groups excluding carboxylic acids is 1. The molecule has 7 N–H and O–H groups in total. The van der Waals surface area contributed by atoms with Crippen LogP contribution < -0.4 is 5.32 Å². The first kappa shape index (κ1) is 17.7. The summed E-state index contributed by atoms with van der Waals surface area (Å²) in [7, 11) is 0. The second kappa shape index (κ2) is 8.02. The molecule has 0 aliphatic carbocycles. The van der Waals surface area contributed by atoms with Crippen LogP contribution in [0.3, 0.4) is 0 Å². The topological polar surface area (TPSA) is 168 Å². The number of aliphatic hydroxyl groups excluding tert-OH is 5. The van der Waals surface area contributed by atoms with E-state index >= 15 is 0 Å². The molecule has 0 radical (unpaired) electrons. The number of amides is 1. The fourth-order valence-corrected chi connectivity index (χ4v) is 1.32. The largest absolute Gasteiger partial charge is 0.481 e. The molecule has 0 spiro atoms. The Morgan fingerprint density at radius 3 is 2.05 bits per heavy atom. The molecule has 0 heterocycles. The van der Waals surface area contributed by atoms with Gasteiger partial charge in [0.2, 0.25) is 0 Å². The zero-order chi connectivity index (χ0) is 15.2. The van der Waals surface area contributed by atoms with Crippen molar-refractivity contribution in [2.45, 2.75) is 43.8 Å². The Balaban J connectivity index is 4.43. The highest BCUT2D eigenvalue weighted by Gasteiger charge is 2.34. The molecule has 0 bridgehead atoms. The predicted molar refractivity (Wildman–Crippen MR) is 61.0 cm³/mol. The van der Waals surface area contributed by atoms with Gasteiger partial charge in [0.1, 0.15) is 18.3 Å². The molecule has 19 heavy (non-hydrogen) atoms. The van der Waals surface area contributed by atoms with E-state index in [4.69, 9.17) is 15.3 Å². The second-order valence-corrected chi connectivity index (χ2v) is 4.18. The summed E-state index contributed by atoms with van der Waals surface area (Å²) in [5.41, 5.74) is 0. The summed E-state index contributed by atoms with van der Waals surface area (Å²) in [5, 5.41) is 56.3. The van der Waals surface area contributed by atoms with Crippen molar-refractivity contribution in [2.24, 2.45) is 0 Å². The Labute approximate surface area is 109 Å². The lowest BCUT2D eigenvalue weighted by Gasteiger charge is -2.25. The zero-order valence-corrected chi connectivity index (χ0v) is 10.3. The average Bonchev–Trinajstić information content (AvgIpc) is 2.33. The van der Waals surface area contributed by atoms with Crippen LogP contribution in [0.5, 0.6) is 0 Å². The van der Waals surface area contributed by atoms with E-state index in [9.17, 15) is 24.9 Å². The summed E-state index contributed by atoms with van der Waals surface area (Å²) in [4.78, 5) is 21.8. The first-order chi connectivity index (χ1) is 8.70. The van der Waals surface area contributed by atoms with Crippen molar-refractivity contribution in [1.29, 1.82) is 0 Å². The lowest BCUT2D eigenvalue weighted by molar-refractivity contribution is -0.149. The van der Waals surface area contributed by atoms with Gasteiger partial charge < -0.3 is 36.0 Å². The Morgan fingerprint density at radius 1 is 1.11 bits per heavy atom. The number of aliphatic carboxylic acids is 1. The molecule has 1 amide bonds. The minimum atomic E-state index is -2.06. The van der Waals surface area contributed by atoms with Gasteiger partial charge in [-0.2, -0.15) is 0 Å². The molecule has 0 rings (SSSR count). The summed E-state index contributed by atoms with van der Waals surface area (Å²) < 4.78 is 0. The standard InChI is InChI=1S/C10H19NO8/c1-4(2-6(14)15)11-10(19)9(18)8(17)7(16)5(13)3-12/h4-5,7-9,12-13,16-18H,2-3H2,1H3,(H,11,19)(H,14,15)/t4-,5?,7?,8?,9?/m1/s1. The van der Waals surface area contributed by atoms with Crippen molar-refractivity contribution in [3.63, 3.8) is 0 Å². The van der Waals surface area contributed by atoms with Crippen molar-refractivity contribution in [1.82, 2.24) is 5.32 Å². The average molecular weight is 281 g/mol. The van der Waals surface area contributed by atoms with Crippen LogP contribution in [0, 0.1) is 0 Å². The molecular formula is C10H19NO8. The summed E-state index contributed by atoms with van der Waals surface area (Å²) in [6.07, 6.45) is -8.09. The van der Waals surface area contributed by atoms with Crippen LogP contribution in [0.25, 0.3) is 0 Å². The molecule has 9 nitrogen and oxygen atoms in total. The van der Waals surface area contributed by atoms with Gasteiger partial charge in [-0.25, -0.2) is 0 Å². The molecular weight excluding hydrogens is 262 g/mol. The van der Waals surface area contributed by atoms with Crippen LogP contribution in [0.4, 0.5) is 0 Å². The Morgan fingerprint density at radius 2 is 1.63 bits per heavy atom. The highest BCUT2D eigenvalue weighted by atomic mass is 16.4. The molecule has 4 unspecified atom stereocenters. The van der Waals surface area contributed by atoms with E-state index < -0.39 is 48.9 Å². The van der Waals surface area contributed by atoms with Gasteiger partial charge in [0, 0.05) is 6.04 Å². The molecule has 0 aromatic rings. The molecule has 5 atom stereocenters. The monoisotopic (exact) mass is 281 g/mol. The minimum Gasteiger partial charge on any atom is -0.481 e. The van der Waals surface area contributed by atoms with Crippen LogP contribution in [-0.2, 0) is 9.59 Å². The van der Waals surface area contributed by atoms with E-state index in [2.05, 4.69) is 5.32 Å². The molecule has 0 aromatic carbocycles. The van der Waals surface area contributed by atoms with Gasteiger partial charge in [0.25, 0.3) is 5.91 Å². The van der Waals surface area contributed by atoms with Crippen molar-refractivity contribution in [3.8, 4) is 0 Å². The highest BCUT2D eigenvalue weighted by Crippen LogP contribution is 2.06. The zero-order valence-electron chi connectivity index (χ0n) is 10.3. The van der Waals surface area contributed by atoms with Crippen LogP contribution in [0.2, 0.25) is 0 Å². The number of nitrogens with one attached hydrogen (secondary N) is 1. The van der Waals surface area contributed by atoms with Crippen molar-refractivity contribution in [2.75, 3.05) is 6.61 Å². The molecule has 0 aromatic heterocycles. The fraction of sp³-hybridized carbons (Fsp3) is 0.800. The van der Waals surface area contributed by atoms with Crippen LogP contribution in [0.15, 0.2) is 0 Å². The maximum absolute atomic E-state index is 11.4. The van der Waals surface area contributed by atoms with Crippen molar-refractivity contribution < 1.29 is 40.2 Å². The van der Waals surface area contributed by atoms with Crippen LogP contribution >= 0.6 is 0 Å². The summed E-state index contributed by atoms with van der Waals surface area (Å²) >= 11 is 0. The minimum absolute atomic E-state index is 0.379. The molecule has 0 aliphatic rings. The van der Waals surface area contributed by atoms with Gasteiger partial charge in [-0.1, -0.05) is 0 Å². The summed E-state index contributed by atoms with van der Waals surface area (Å²) in [5.74, 6) is -2.25. The van der Waals surface area contributed by atoms with Gasteiger partial charge in [-0.3, -0.25) is 9.59 Å². The molecule has 0 aliphatic heterocycles. The van der Waals surface area contributed by atoms with Crippen LogP contribution in [-0.4, -0.2) is 79.6 Å². The lowest BCUT2D eigenvalue weighted by atomic mass is 10.0. The number of carboxylic acid groups (broad SMARTS) is 1. The van der Waals surface area contributed by atoms with E-state index in [0.29, 0.717) is 0 Å². The Kier molecular flexibility index (Phi) is 7.49. The maximum atomic E-state index is 11.4. The van der Waals surface area contributed by atoms with Gasteiger partial charge in [-0.15, -0.1) is 0 Å². The third kappa shape index (κ3) is 5.94. The maximum Gasteiger partial charge on any atom is 0.305 e. The first-order valence-electron chi connectivity index (χ1n) is 5.56. The Bertz CT molecular complexity index is 310. The molecule has 0 saturated carbocycles. The van der Waals surface area contributed by atoms with E-state index in [-0.39, 0.29) is 6.42 Å². The normalized spacial score (nSPS) is 19.1. The van der Waals surface area contributed by atoms with Gasteiger partial charge >= 0.3 is 5.97 Å². The smallest absolute Gasteiger partial charge is 0.305 e. The molecule has 112 valence electrons. The van der Waals surface area contributed by atoms with Crippen molar-refractivity contribution >= 4 is 11.9 Å². The molecule has 0 saturated heterocycles. The van der Waals surface area contributed by atoms with E-state index in [1.165, 1.54) is 6.92 Å². The van der Waals surface area contributed by atoms with Crippen molar-refractivity contribution in [3.05, 3.63) is 0 Å². The van der Waals surface area contributed by atoms with Gasteiger partial charge in [0.05, 0.1) is 13.0 Å². The highest BCUT2D eigenvalue weighted by molar-refractivity contribution is 5.82. The van der Waals surface area contributed by atoms with Gasteiger partial charge in [-0.05, 0) is 6.92 Å². The lowest BCUT2D eigenvalue weighted by Crippen LogP contribution is -2.53. The SMILES string of the molecule is C[C@H](CC(=O)O)NC(=O)C(O)C(O)C(O)C(O)CO. The summed E-state index contributed by atoms with van der Waals surface area (Å²) in [6.45, 7) is 0.520. The quantitative estimate of drug-likeness (QED) is 0.239. The molecule has 9 heteroatoms. The number of carbonyl (C=O) groups is 2. The predicted octanol–water partition coefficient (Wildman–Crippen LogP) is -3.60. The van der Waals surface area contributed by atoms with E-state index in [0.717, 1.165) is 0 Å². The fourth-order valence-electron chi connectivity index (χ4n) is 1.32. The Hall–Kier alpha value is -1.26. The number of hydrogen-bond donors (Lipinski definition) is 7. The first-order valence-corrected chi connectivity index (χ1v) is 5.56. The summed E-state index contributed by atoms with van der Waals surface area (Å²) in [6, 6.07) is -0.785.